The van der Waals surface area contributed by atoms with Gasteiger partial charge in [-0.3, -0.25) is 4.79 Å². The van der Waals surface area contributed by atoms with Crippen molar-refractivity contribution in [2.45, 2.75) is 90.6 Å². The molecular weight excluding hydrogens is 408 g/mol. The van der Waals surface area contributed by atoms with E-state index in [1.165, 1.54) is 44.9 Å². The Balaban J connectivity index is 1.47. The van der Waals surface area contributed by atoms with Crippen LogP contribution in [0.4, 0.5) is 0 Å². The number of carbonyl (C=O) groups is 1. The minimum Gasteiger partial charge on any atom is -0.488 e. The molecule has 0 unspecified atom stereocenters. The Morgan fingerprint density at radius 3 is 2.48 bits per heavy atom. The molecule has 180 valence electrons. The lowest BCUT2D eigenvalue weighted by molar-refractivity contribution is -0.145. The summed E-state index contributed by atoms with van der Waals surface area (Å²) in [6.45, 7) is 6.99. The molecule has 1 aliphatic rings. The van der Waals surface area contributed by atoms with Crippen LogP contribution >= 0.6 is 0 Å². The average Bonchev–Trinajstić information content (AvgIpc) is 3.01. The highest BCUT2D eigenvalue weighted by molar-refractivity contribution is 5.69. The Kier molecular flexibility index (Phi) is 13.8. The maximum Gasteiger partial charge on any atom is 0.306 e. The normalized spacial score (nSPS) is 13.3. The molecule has 1 aromatic carbocycles. The van der Waals surface area contributed by atoms with Gasteiger partial charge in [0.15, 0.2) is 0 Å². The summed E-state index contributed by atoms with van der Waals surface area (Å²) in [5.74, 6) is 0.723. The van der Waals surface area contributed by atoms with Gasteiger partial charge in [-0.1, -0.05) is 88.1 Å². The standard InChI is InChI=1S/C30H42O3/c1-3-4-5-6-7-8-9-10-11-12-13-14-15-16-17-18-30(31)33-25-27-20-22-29-28(23-27)21-19-26(2)24-32-29/h7-8,10-11,19-23H,2-6,9,12-18,24-25H2,1H3/b8-7-,11-10-. The number of unbranched alkanes of at least 4 members (excludes halogenated alkanes) is 8. The molecule has 1 aromatic rings. The van der Waals surface area contributed by atoms with Crippen LogP contribution in [0.3, 0.4) is 0 Å². The van der Waals surface area contributed by atoms with E-state index in [-0.39, 0.29) is 5.97 Å². The summed E-state index contributed by atoms with van der Waals surface area (Å²) in [5, 5.41) is 0. The molecule has 0 amide bonds. The summed E-state index contributed by atoms with van der Waals surface area (Å²) < 4.78 is 11.2. The van der Waals surface area contributed by atoms with Gasteiger partial charge in [-0.05, 0) is 61.8 Å². The summed E-state index contributed by atoms with van der Waals surface area (Å²) in [6, 6.07) is 5.89. The highest BCUT2D eigenvalue weighted by Gasteiger charge is 2.09. The highest BCUT2D eigenvalue weighted by Crippen LogP contribution is 2.25. The molecule has 1 aliphatic heterocycles. The predicted molar refractivity (Wildman–Crippen MR) is 139 cm³/mol. The molecule has 0 saturated carbocycles. The maximum atomic E-state index is 12.0. The lowest BCUT2D eigenvalue weighted by Crippen LogP contribution is -2.04. The Morgan fingerprint density at radius 2 is 1.70 bits per heavy atom. The monoisotopic (exact) mass is 450 g/mol. The zero-order chi connectivity index (χ0) is 23.6. The average molecular weight is 451 g/mol. The van der Waals surface area contributed by atoms with Gasteiger partial charge in [0, 0.05) is 12.0 Å². The number of fused-ring (bicyclic) bond motifs is 1. The van der Waals surface area contributed by atoms with Crippen molar-refractivity contribution in [3.63, 3.8) is 0 Å². The number of esters is 1. The molecule has 0 radical (unpaired) electrons. The van der Waals surface area contributed by atoms with Crippen LogP contribution in [0.1, 0.15) is 95.1 Å². The number of ether oxygens (including phenoxy) is 2. The van der Waals surface area contributed by atoms with Crippen molar-refractivity contribution in [2.75, 3.05) is 6.61 Å². The molecule has 0 aromatic heterocycles. The van der Waals surface area contributed by atoms with Crippen molar-refractivity contribution in [1.29, 1.82) is 0 Å². The lowest BCUT2D eigenvalue weighted by Gasteiger charge is -2.09. The van der Waals surface area contributed by atoms with Crippen molar-refractivity contribution in [3.05, 3.63) is 71.9 Å². The van der Waals surface area contributed by atoms with Gasteiger partial charge in [0.25, 0.3) is 0 Å². The van der Waals surface area contributed by atoms with Gasteiger partial charge in [0.2, 0.25) is 0 Å². The molecule has 1 heterocycles. The second-order valence-electron chi connectivity index (χ2n) is 8.79. The molecule has 3 nitrogen and oxygen atoms in total. The van der Waals surface area contributed by atoms with E-state index in [4.69, 9.17) is 9.47 Å². The molecule has 0 bridgehead atoms. The molecule has 3 heteroatoms. The van der Waals surface area contributed by atoms with E-state index < -0.39 is 0 Å². The van der Waals surface area contributed by atoms with Gasteiger partial charge in [0.1, 0.15) is 19.0 Å². The first-order valence-electron chi connectivity index (χ1n) is 12.8. The van der Waals surface area contributed by atoms with Gasteiger partial charge >= 0.3 is 5.97 Å². The van der Waals surface area contributed by atoms with E-state index in [1.54, 1.807) is 0 Å². The largest absolute Gasteiger partial charge is 0.488 e. The Labute approximate surface area is 201 Å². The molecule has 0 N–H and O–H groups in total. The lowest BCUT2D eigenvalue weighted by atomic mass is 10.1. The zero-order valence-corrected chi connectivity index (χ0v) is 20.5. The molecule has 0 spiro atoms. The molecule has 0 aliphatic carbocycles. The van der Waals surface area contributed by atoms with Crippen LogP contribution in [0.5, 0.6) is 5.75 Å². The first-order valence-corrected chi connectivity index (χ1v) is 12.8. The maximum absolute atomic E-state index is 12.0. The molecule has 0 atom stereocenters. The third-order valence-corrected chi connectivity index (χ3v) is 5.72. The molecule has 33 heavy (non-hydrogen) atoms. The van der Waals surface area contributed by atoms with Crippen LogP contribution in [-0.2, 0) is 16.1 Å². The number of hydrogen-bond donors (Lipinski definition) is 0. The third kappa shape index (κ3) is 12.3. The highest BCUT2D eigenvalue weighted by atomic mass is 16.5. The summed E-state index contributed by atoms with van der Waals surface area (Å²) >= 11 is 0. The number of allylic oxidation sites excluding steroid dienone is 4. The Morgan fingerprint density at radius 1 is 0.970 bits per heavy atom. The predicted octanol–water partition coefficient (Wildman–Crippen LogP) is 8.51. The second kappa shape index (κ2) is 17.0. The van der Waals surface area contributed by atoms with Crippen LogP contribution in [-0.4, -0.2) is 12.6 Å². The van der Waals surface area contributed by atoms with Gasteiger partial charge in [-0.15, -0.1) is 0 Å². The van der Waals surface area contributed by atoms with Crippen LogP contribution < -0.4 is 4.74 Å². The SMILES string of the molecule is C=C1C=Cc2cc(COC(=O)CCCCCCC/C=C\C/C=C\CCCCC)ccc2OC1. The quantitative estimate of drug-likeness (QED) is 0.144. The molecule has 0 saturated heterocycles. The molecular formula is C30H42O3. The Hall–Kier alpha value is -2.55. The number of benzene rings is 1. The number of rotatable bonds is 16. The van der Waals surface area contributed by atoms with Crippen molar-refractivity contribution in [1.82, 2.24) is 0 Å². The fourth-order valence-corrected chi connectivity index (χ4v) is 3.69. The smallest absolute Gasteiger partial charge is 0.306 e. The van der Waals surface area contributed by atoms with Crippen molar-refractivity contribution < 1.29 is 14.3 Å². The van der Waals surface area contributed by atoms with Crippen LogP contribution in [0.25, 0.3) is 6.08 Å². The molecule has 0 fully saturated rings. The first-order chi connectivity index (χ1) is 16.2. The van der Waals surface area contributed by atoms with E-state index in [9.17, 15) is 4.79 Å². The molecule has 2 rings (SSSR count). The van der Waals surface area contributed by atoms with E-state index >= 15 is 0 Å². The Bertz CT molecular complexity index is 801. The third-order valence-electron chi connectivity index (χ3n) is 5.72. The van der Waals surface area contributed by atoms with Gasteiger partial charge < -0.3 is 9.47 Å². The summed E-state index contributed by atoms with van der Waals surface area (Å²) in [5.41, 5.74) is 2.91. The van der Waals surface area contributed by atoms with Gasteiger partial charge in [-0.2, -0.15) is 0 Å². The van der Waals surface area contributed by atoms with Crippen molar-refractivity contribution in [3.8, 4) is 5.75 Å². The topological polar surface area (TPSA) is 35.5 Å². The van der Waals surface area contributed by atoms with E-state index in [0.717, 1.165) is 48.1 Å². The van der Waals surface area contributed by atoms with E-state index in [2.05, 4.69) is 37.8 Å². The number of carbonyl (C=O) groups excluding carboxylic acids is 1. The van der Waals surface area contributed by atoms with Crippen LogP contribution in [0.15, 0.2) is 60.7 Å². The fraction of sp³-hybridized carbons (Fsp3) is 0.500. The minimum atomic E-state index is -0.115. The second-order valence-corrected chi connectivity index (χ2v) is 8.79. The van der Waals surface area contributed by atoms with E-state index in [0.29, 0.717) is 19.6 Å². The summed E-state index contributed by atoms with van der Waals surface area (Å²) in [6.07, 6.45) is 26.6. The van der Waals surface area contributed by atoms with E-state index in [1.807, 2.05) is 30.4 Å². The minimum absolute atomic E-state index is 0.115. The van der Waals surface area contributed by atoms with Crippen LogP contribution in [0, 0.1) is 0 Å². The van der Waals surface area contributed by atoms with Gasteiger partial charge in [0.05, 0.1) is 0 Å². The van der Waals surface area contributed by atoms with Crippen LogP contribution in [0.2, 0.25) is 0 Å². The van der Waals surface area contributed by atoms with Gasteiger partial charge in [-0.25, -0.2) is 0 Å². The zero-order valence-electron chi connectivity index (χ0n) is 20.5. The van der Waals surface area contributed by atoms with Crippen molar-refractivity contribution in [2.24, 2.45) is 0 Å². The first kappa shape index (κ1) is 26.7. The fourth-order valence-electron chi connectivity index (χ4n) is 3.69. The summed E-state index contributed by atoms with van der Waals surface area (Å²) in [7, 11) is 0. The van der Waals surface area contributed by atoms with Crippen molar-refractivity contribution >= 4 is 12.0 Å². The summed E-state index contributed by atoms with van der Waals surface area (Å²) in [4.78, 5) is 12.0. The number of hydrogen-bond acceptors (Lipinski definition) is 3.